The highest BCUT2D eigenvalue weighted by atomic mass is 32.1. The fourth-order valence-electron chi connectivity index (χ4n) is 2.68. The Morgan fingerprint density at radius 3 is 2.97 bits per heavy atom. The van der Waals surface area contributed by atoms with Gasteiger partial charge in [-0.1, -0.05) is 12.1 Å². The van der Waals surface area contributed by atoms with Crippen LogP contribution in [0.3, 0.4) is 0 Å². The van der Waals surface area contributed by atoms with E-state index in [9.17, 15) is 9.59 Å². The molecular formula is C20H16N4O4S. The van der Waals surface area contributed by atoms with Crippen LogP contribution in [0.2, 0.25) is 0 Å². The first kappa shape index (κ1) is 18.6. The maximum atomic E-state index is 12.2. The van der Waals surface area contributed by atoms with Crippen LogP contribution in [0.25, 0.3) is 22.3 Å². The number of hydrogen-bond acceptors (Lipinski definition) is 7. The molecule has 2 aromatic carbocycles. The fourth-order valence-corrected chi connectivity index (χ4v) is 3.41. The van der Waals surface area contributed by atoms with E-state index >= 15 is 0 Å². The number of nitrogens with one attached hydrogen (secondary N) is 2. The molecule has 0 bridgehead atoms. The number of nitrogens with zero attached hydrogens (tertiary/aromatic N) is 2. The minimum atomic E-state index is -0.590. The molecule has 9 heteroatoms. The van der Waals surface area contributed by atoms with Crippen molar-refractivity contribution in [1.29, 1.82) is 0 Å². The van der Waals surface area contributed by atoms with Gasteiger partial charge in [-0.25, -0.2) is 14.8 Å². The highest BCUT2D eigenvalue weighted by molar-refractivity contribution is 7.14. The van der Waals surface area contributed by atoms with Crippen LogP contribution >= 0.6 is 11.3 Å². The summed E-state index contributed by atoms with van der Waals surface area (Å²) in [6, 6.07) is 12.4. The number of aromatic amines is 1. The third-order valence-electron chi connectivity index (χ3n) is 4.11. The largest absolute Gasteiger partial charge is 0.497 e. The summed E-state index contributed by atoms with van der Waals surface area (Å²) in [6.45, 7) is -0.409. The predicted octanol–water partition coefficient (Wildman–Crippen LogP) is 3.49. The average molecular weight is 408 g/mol. The van der Waals surface area contributed by atoms with Crippen LogP contribution in [-0.4, -0.2) is 40.5 Å². The molecule has 2 N–H and O–H groups in total. The standard InChI is InChI=1S/C20H16N4O4S/c1-27-14-4-2-3-12(7-14)17-10-29-20(23-17)24-18(25)9-28-19(26)13-5-6-15-16(8-13)22-11-21-15/h2-8,10-11H,9H2,1H3,(H,21,22)(H,23,24,25). The Morgan fingerprint density at radius 2 is 2.10 bits per heavy atom. The number of fused-ring (bicyclic) bond motifs is 1. The molecule has 29 heavy (non-hydrogen) atoms. The van der Waals surface area contributed by atoms with Crippen molar-refractivity contribution in [1.82, 2.24) is 15.0 Å². The number of ether oxygens (including phenoxy) is 2. The zero-order chi connectivity index (χ0) is 20.2. The van der Waals surface area contributed by atoms with Gasteiger partial charge in [-0.15, -0.1) is 11.3 Å². The SMILES string of the molecule is COc1cccc(-c2csc(NC(=O)COC(=O)c3ccc4nc[nH]c4c3)n2)c1. The van der Waals surface area contributed by atoms with Crippen molar-refractivity contribution >= 4 is 39.4 Å². The number of amides is 1. The van der Waals surface area contributed by atoms with Crippen LogP contribution in [0.1, 0.15) is 10.4 Å². The lowest BCUT2D eigenvalue weighted by atomic mass is 10.2. The van der Waals surface area contributed by atoms with Gasteiger partial charge in [-0.2, -0.15) is 0 Å². The molecular weight excluding hydrogens is 392 g/mol. The van der Waals surface area contributed by atoms with E-state index in [0.717, 1.165) is 22.3 Å². The average Bonchev–Trinajstić information content (AvgIpc) is 3.41. The molecule has 0 fully saturated rings. The van der Waals surface area contributed by atoms with Crippen LogP contribution in [0, 0.1) is 0 Å². The molecule has 0 unspecified atom stereocenters. The van der Waals surface area contributed by atoms with E-state index in [2.05, 4.69) is 20.3 Å². The lowest BCUT2D eigenvalue weighted by Crippen LogP contribution is -2.20. The summed E-state index contributed by atoms with van der Waals surface area (Å²) in [5.41, 5.74) is 3.39. The number of rotatable bonds is 6. The molecule has 0 atom stereocenters. The second kappa shape index (κ2) is 8.11. The van der Waals surface area contributed by atoms with Crippen LogP contribution in [-0.2, 0) is 9.53 Å². The number of imidazole rings is 1. The van der Waals surface area contributed by atoms with Gasteiger partial charge in [0.25, 0.3) is 5.91 Å². The topological polar surface area (TPSA) is 106 Å². The van der Waals surface area contributed by atoms with Crippen LogP contribution < -0.4 is 10.1 Å². The highest BCUT2D eigenvalue weighted by Crippen LogP contribution is 2.27. The third kappa shape index (κ3) is 4.25. The monoisotopic (exact) mass is 408 g/mol. The van der Waals surface area contributed by atoms with Crippen molar-refractivity contribution in [3.63, 3.8) is 0 Å². The number of benzene rings is 2. The smallest absolute Gasteiger partial charge is 0.338 e. The Balaban J connectivity index is 1.35. The number of methoxy groups -OCH3 is 1. The zero-order valence-corrected chi connectivity index (χ0v) is 16.2. The summed E-state index contributed by atoms with van der Waals surface area (Å²) in [5, 5.41) is 4.89. The van der Waals surface area contributed by atoms with Gasteiger partial charge in [0.1, 0.15) is 5.75 Å². The van der Waals surface area contributed by atoms with Gasteiger partial charge in [0.15, 0.2) is 11.7 Å². The number of carbonyl (C=O) groups is 2. The maximum Gasteiger partial charge on any atom is 0.338 e. The molecule has 0 spiro atoms. The van der Waals surface area contributed by atoms with Crippen molar-refractivity contribution in [3.05, 3.63) is 59.7 Å². The fraction of sp³-hybridized carbons (Fsp3) is 0.100. The van der Waals surface area contributed by atoms with E-state index in [4.69, 9.17) is 9.47 Å². The molecule has 4 rings (SSSR count). The highest BCUT2D eigenvalue weighted by Gasteiger charge is 2.13. The molecule has 146 valence electrons. The first-order chi connectivity index (χ1) is 14.1. The van der Waals surface area contributed by atoms with Crippen molar-refractivity contribution in [3.8, 4) is 17.0 Å². The van der Waals surface area contributed by atoms with E-state index in [0.29, 0.717) is 16.4 Å². The molecule has 1 amide bonds. The summed E-state index contributed by atoms with van der Waals surface area (Å²) in [5.74, 6) is -0.332. The number of H-pyrrole nitrogens is 1. The second-order valence-corrected chi connectivity index (χ2v) is 6.89. The molecule has 0 radical (unpaired) electrons. The second-order valence-electron chi connectivity index (χ2n) is 6.03. The van der Waals surface area contributed by atoms with Gasteiger partial charge in [0.05, 0.1) is 35.7 Å². The van der Waals surface area contributed by atoms with Crippen molar-refractivity contribution in [2.75, 3.05) is 19.0 Å². The molecule has 4 aromatic rings. The predicted molar refractivity (Wildman–Crippen MR) is 109 cm³/mol. The van der Waals surface area contributed by atoms with Crippen LogP contribution in [0.15, 0.2) is 54.2 Å². The number of hydrogen-bond donors (Lipinski definition) is 2. The Morgan fingerprint density at radius 1 is 1.21 bits per heavy atom. The summed E-state index contributed by atoms with van der Waals surface area (Å²) < 4.78 is 10.3. The van der Waals surface area contributed by atoms with Crippen molar-refractivity contribution in [2.45, 2.75) is 0 Å². The van der Waals surface area contributed by atoms with Gasteiger partial charge in [0, 0.05) is 10.9 Å². The van der Waals surface area contributed by atoms with Gasteiger partial charge >= 0.3 is 5.97 Å². The first-order valence-electron chi connectivity index (χ1n) is 8.62. The van der Waals surface area contributed by atoms with Crippen molar-refractivity contribution < 1.29 is 19.1 Å². The normalized spacial score (nSPS) is 10.7. The van der Waals surface area contributed by atoms with Crippen LogP contribution in [0.5, 0.6) is 5.75 Å². The van der Waals surface area contributed by atoms with Crippen LogP contribution in [0.4, 0.5) is 5.13 Å². The molecule has 0 aliphatic rings. The van der Waals surface area contributed by atoms with Gasteiger partial charge < -0.3 is 14.5 Å². The van der Waals surface area contributed by atoms with E-state index in [-0.39, 0.29) is 0 Å². The molecule has 0 saturated carbocycles. The summed E-state index contributed by atoms with van der Waals surface area (Å²) in [6.07, 6.45) is 1.54. The number of anilines is 1. The lowest BCUT2D eigenvalue weighted by molar-refractivity contribution is -0.119. The number of thiazole rings is 1. The number of aromatic nitrogens is 3. The molecule has 0 aliphatic carbocycles. The summed E-state index contributed by atoms with van der Waals surface area (Å²) in [4.78, 5) is 35.7. The van der Waals surface area contributed by atoms with Crippen molar-refractivity contribution in [2.24, 2.45) is 0 Å². The molecule has 0 saturated heterocycles. The Hall–Kier alpha value is -3.72. The zero-order valence-electron chi connectivity index (χ0n) is 15.3. The minimum absolute atomic E-state index is 0.337. The summed E-state index contributed by atoms with van der Waals surface area (Å²) in [7, 11) is 1.60. The molecule has 0 aliphatic heterocycles. The number of carbonyl (C=O) groups excluding carboxylic acids is 2. The Bertz CT molecular complexity index is 1180. The lowest BCUT2D eigenvalue weighted by Gasteiger charge is -2.05. The van der Waals surface area contributed by atoms with Gasteiger partial charge in [-0.3, -0.25) is 10.1 Å². The van der Waals surface area contributed by atoms with E-state index in [1.807, 2.05) is 29.6 Å². The molecule has 2 heterocycles. The third-order valence-corrected chi connectivity index (χ3v) is 4.86. The van der Waals surface area contributed by atoms with E-state index in [1.54, 1.807) is 31.6 Å². The number of esters is 1. The van der Waals surface area contributed by atoms with Gasteiger partial charge in [-0.05, 0) is 30.3 Å². The minimum Gasteiger partial charge on any atom is -0.497 e. The molecule has 8 nitrogen and oxygen atoms in total. The van der Waals surface area contributed by atoms with E-state index < -0.39 is 18.5 Å². The van der Waals surface area contributed by atoms with E-state index in [1.165, 1.54) is 11.3 Å². The van der Waals surface area contributed by atoms with Gasteiger partial charge in [0.2, 0.25) is 0 Å². The summed E-state index contributed by atoms with van der Waals surface area (Å²) >= 11 is 1.28. The maximum absolute atomic E-state index is 12.2. The first-order valence-corrected chi connectivity index (χ1v) is 9.50. The Labute approximate surface area is 169 Å². The molecule has 2 aromatic heterocycles. The quantitative estimate of drug-likeness (QED) is 0.473. The Kier molecular flexibility index (Phi) is 5.21.